The van der Waals surface area contributed by atoms with Crippen LogP contribution in [0.5, 0.6) is 0 Å². The van der Waals surface area contributed by atoms with Crippen molar-refractivity contribution in [1.82, 2.24) is 10.3 Å². The molecule has 0 bridgehead atoms. The number of aryl methyl sites for hydroxylation is 1. The molecule has 1 saturated heterocycles. The quantitative estimate of drug-likeness (QED) is 0.786. The monoisotopic (exact) mass is 440 g/mol. The Bertz CT molecular complexity index is 1060. The summed E-state index contributed by atoms with van der Waals surface area (Å²) in [5.74, 6) is 0.0974. The van der Waals surface area contributed by atoms with Crippen LogP contribution in [0.4, 0.5) is 5.82 Å². The lowest BCUT2D eigenvalue weighted by Crippen LogP contribution is -2.49. The maximum Gasteiger partial charge on any atom is 0.259 e. The van der Waals surface area contributed by atoms with Gasteiger partial charge in [0, 0.05) is 23.9 Å². The Morgan fingerprint density at radius 1 is 1.32 bits per heavy atom. The van der Waals surface area contributed by atoms with Gasteiger partial charge in [0.1, 0.15) is 0 Å². The van der Waals surface area contributed by atoms with Gasteiger partial charge in [-0.15, -0.1) is 0 Å². The fourth-order valence-corrected chi connectivity index (χ4v) is 4.16. The molecule has 2 aromatic rings. The number of carbonyl (C=O) groups is 2. The molecule has 0 spiro atoms. The van der Waals surface area contributed by atoms with Crippen molar-refractivity contribution in [2.45, 2.75) is 45.3 Å². The van der Waals surface area contributed by atoms with Crippen LogP contribution in [0.2, 0.25) is 5.02 Å². The van der Waals surface area contributed by atoms with Crippen LogP contribution in [-0.4, -0.2) is 47.1 Å². The van der Waals surface area contributed by atoms with Crippen molar-refractivity contribution in [2.24, 2.45) is 5.16 Å². The van der Waals surface area contributed by atoms with Crippen molar-refractivity contribution in [3.8, 4) is 0 Å². The molecule has 1 aromatic heterocycles. The predicted octanol–water partition coefficient (Wildman–Crippen LogP) is 3.52. The van der Waals surface area contributed by atoms with Crippen molar-refractivity contribution in [2.75, 3.05) is 18.0 Å². The molecule has 1 atom stereocenters. The molecule has 7 nitrogen and oxygen atoms in total. The van der Waals surface area contributed by atoms with Gasteiger partial charge in [0.25, 0.3) is 5.91 Å². The standard InChI is InChI=1S/C23H25ClN4O3/c1-14-12-15(8-9-17(14)19-20(29)23(2,3)31-27-19)22(30)28(16-6-4-10-25-13-16)21-18(24)7-5-11-26-21/h5,7-9,11-12,16,25H,4,6,10,13H2,1-3H3. The number of piperidine rings is 1. The lowest BCUT2D eigenvalue weighted by atomic mass is 9.92. The Hall–Kier alpha value is -2.77. The lowest BCUT2D eigenvalue weighted by Gasteiger charge is -2.34. The smallest absolute Gasteiger partial charge is 0.259 e. The van der Waals surface area contributed by atoms with Crippen LogP contribution in [0.3, 0.4) is 0 Å². The van der Waals surface area contributed by atoms with Crippen LogP contribution < -0.4 is 10.2 Å². The van der Waals surface area contributed by atoms with Gasteiger partial charge in [-0.3, -0.25) is 14.5 Å². The van der Waals surface area contributed by atoms with Gasteiger partial charge in [0.15, 0.2) is 17.1 Å². The third-order valence-corrected chi connectivity index (χ3v) is 5.97. The maximum atomic E-state index is 13.6. The number of hydrogen-bond donors (Lipinski definition) is 1. The normalized spacial score (nSPS) is 20.2. The van der Waals surface area contributed by atoms with E-state index in [-0.39, 0.29) is 23.4 Å². The Morgan fingerprint density at radius 2 is 2.13 bits per heavy atom. The van der Waals surface area contributed by atoms with Crippen LogP contribution in [0, 0.1) is 6.92 Å². The van der Waals surface area contributed by atoms with Gasteiger partial charge in [0.2, 0.25) is 5.78 Å². The van der Waals surface area contributed by atoms with E-state index in [0.29, 0.717) is 28.5 Å². The fraction of sp³-hybridized carbons (Fsp3) is 0.391. The number of nitrogens with zero attached hydrogens (tertiary/aromatic N) is 3. The zero-order valence-electron chi connectivity index (χ0n) is 17.8. The Morgan fingerprint density at radius 3 is 2.74 bits per heavy atom. The second-order valence-electron chi connectivity index (χ2n) is 8.38. The molecule has 2 aliphatic rings. The zero-order valence-corrected chi connectivity index (χ0v) is 18.6. The Labute approximate surface area is 186 Å². The van der Waals surface area contributed by atoms with Crippen molar-refractivity contribution in [1.29, 1.82) is 0 Å². The molecule has 8 heteroatoms. The van der Waals surface area contributed by atoms with Gasteiger partial charge in [-0.05, 0) is 70.0 Å². The van der Waals surface area contributed by atoms with E-state index in [4.69, 9.17) is 16.4 Å². The minimum Gasteiger partial charge on any atom is -0.381 e. The van der Waals surface area contributed by atoms with E-state index in [2.05, 4.69) is 15.5 Å². The number of hydrogen-bond acceptors (Lipinski definition) is 6. The molecular formula is C23H25ClN4O3. The van der Waals surface area contributed by atoms with Crippen molar-refractivity contribution < 1.29 is 14.4 Å². The average molecular weight is 441 g/mol. The number of aromatic nitrogens is 1. The van der Waals surface area contributed by atoms with Crippen molar-refractivity contribution in [3.05, 3.63) is 58.2 Å². The summed E-state index contributed by atoms with van der Waals surface area (Å²) in [5, 5.41) is 7.76. The third-order valence-electron chi connectivity index (χ3n) is 5.68. The average Bonchev–Trinajstić information content (AvgIpc) is 3.03. The molecule has 1 unspecified atom stereocenters. The number of oxime groups is 1. The number of nitrogens with one attached hydrogen (secondary N) is 1. The number of amides is 1. The molecule has 0 radical (unpaired) electrons. The summed E-state index contributed by atoms with van der Waals surface area (Å²) in [4.78, 5) is 37.6. The summed E-state index contributed by atoms with van der Waals surface area (Å²) in [6, 6.07) is 8.67. The summed E-state index contributed by atoms with van der Waals surface area (Å²) in [7, 11) is 0. The number of rotatable bonds is 4. The highest BCUT2D eigenvalue weighted by molar-refractivity contribution is 6.49. The summed E-state index contributed by atoms with van der Waals surface area (Å²) in [6.07, 6.45) is 3.47. The van der Waals surface area contributed by atoms with Gasteiger partial charge < -0.3 is 10.2 Å². The van der Waals surface area contributed by atoms with Gasteiger partial charge in [-0.25, -0.2) is 4.98 Å². The predicted molar refractivity (Wildman–Crippen MR) is 120 cm³/mol. The van der Waals surface area contributed by atoms with E-state index >= 15 is 0 Å². The second-order valence-corrected chi connectivity index (χ2v) is 8.79. The van der Waals surface area contributed by atoms with Crippen LogP contribution in [0.25, 0.3) is 0 Å². The summed E-state index contributed by atoms with van der Waals surface area (Å²) < 4.78 is 0. The number of ketones is 1. The number of pyridine rings is 1. The molecule has 162 valence electrons. The van der Waals surface area contributed by atoms with E-state index < -0.39 is 5.60 Å². The van der Waals surface area contributed by atoms with Crippen molar-refractivity contribution in [3.63, 3.8) is 0 Å². The maximum absolute atomic E-state index is 13.6. The number of benzene rings is 1. The topological polar surface area (TPSA) is 83.9 Å². The highest BCUT2D eigenvalue weighted by atomic mass is 35.5. The van der Waals surface area contributed by atoms with E-state index in [1.165, 1.54) is 0 Å². The lowest BCUT2D eigenvalue weighted by molar-refractivity contribution is -0.128. The molecule has 3 heterocycles. The Kier molecular flexibility index (Phi) is 5.81. The zero-order chi connectivity index (χ0) is 22.2. The minimum atomic E-state index is -0.975. The number of Topliss-reactive ketones (excluding diaryl/α,β-unsaturated/α-hetero) is 1. The third kappa shape index (κ3) is 4.07. The van der Waals surface area contributed by atoms with Gasteiger partial charge in [-0.1, -0.05) is 22.8 Å². The summed E-state index contributed by atoms with van der Waals surface area (Å²) >= 11 is 6.41. The van der Waals surface area contributed by atoms with Gasteiger partial charge in [0.05, 0.1) is 11.1 Å². The molecule has 0 aliphatic carbocycles. The number of anilines is 1. The molecule has 1 amide bonds. The fourth-order valence-electron chi connectivity index (χ4n) is 3.94. The first-order valence-electron chi connectivity index (χ1n) is 10.4. The Balaban J connectivity index is 1.68. The SMILES string of the molecule is Cc1cc(C(=O)N(c2ncccc2Cl)C2CCCNC2)ccc1C1=NOC(C)(C)C1=O. The van der Waals surface area contributed by atoms with Gasteiger partial charge >= 0.3 is 0 Å². The first-order valence-corrected chi connectivity index (χ1v) is 10.7. The molecule has 4 rings (SSSR count). The highest BCUT2D eigenvalue weighted by Gasteiger charge is 2.40. The van der Waals surface area contributed by atoms with Crippen LogP contribution in [-0.2, 0) is 9.63 Å². The molecule has 2 aliphatic heterocycles. The molecule has 1 N–H and O–H groups in total. The number of carbonyl (C=O) groups excluding carboxylic acids is 2. The molecular weight excluding hydrogens is 416 g/mol. The summed E-state index contributed by atoms with van der Waals surface area (Å²) in [6.45, 7) is 6.83. The minimum absolute atomic E-state index is 0.0522. The van der Waals surface area contributed by atoms with Crippen LogP contribution in [0.15, 0.2) is 41.7 Å². The van der Waals surface area contributed by atoms with Gasteiger partial charge in [-0.2, -0.15) is 0 Å². The largest absolute Gasteiger partial charge is 0.381 e. The van der Waals surface area contributed by atoms with E-state index in [0.717, 1.165) is 24.9 Å². The van der Waals surface area contributed by atoms with Crippen LogP contribution >= 0.6 is 11.6 Å². The van der Waals surface area contributed by atoms with E-state index in [1.807, 2.05) is 6.92 Å². The molecule has 1 aromatic carbocycles. The first kappa shape index (κ1) is 21.5. The second kappa shape index (κ2) is 8.40. The molecule has 0 saturated carbocycles. The molecule has 1 fully saturated rings. The highest BCUT2D eigenvalue weighted by Crippen LogP contribution is 2.29. The van der Waals surface area contributed by atoms with Crippen molar-refractivity contribution >= 4 is 34.8 Å². The van der Waals surface area contributed by atoms with E-state index in [9.17, 15) is 9.59 Å². The first-order chi connectivity index (χ1) is 14.8. The number of halogens is 1. The molecule has 31 heavy (non-hydrogen) atoms. The summed E-state index contributed by atoms with van der Waals surface area (Å²) in [5.41, 5.74) is 1.24. The van der Waals surface area contributed by atoms with E-state index in [1.54, 1.807) is 55.3 Å². The van der Waals surface area contributed by atoms with Crippen LogP contribution in [0.1, 0.15) is 48.2 Å².